The van der Waals surface area contributed by atoms with E-state index in [-0.39, 0.29) is 0 Å². The van der Waals surface area contributed by atoms with E-state index in [2.05, 4.69) is 22.1 Å². The molecule has 25 heavy (non-hydrogen) atoms. The zero-order valence-electron chi connectivity index (χ0n) is 14.9. The van der Waals surface area contributed by atoms with Gasteiger partial charge >= 0.3 is 11.8 Å². The summed E-state index contributed by atoms with van der Waals surface area (Å²) in [5, 5.41) is 2.68. The summed E-state index contributed by atoms with van der Waals surface area (Å²) in [5.41, 5.74) is 0. The van der Waals surface area contributed by atoms with E-state index >= 15 is 0 Å². The molecule has 2 rings (SSSR count). The standard InChI is InChI=1S/C18H28N4O3/c1-2-3-14-25-15-6-9-20-17(23)18(24)22-12-10-21(11-13-22)16-7-4-5-8-19-16/h4-5,7-8H,2-3,6,9-15H2,1H3,(H,20,23). The van der Waals surface area contributed by atoms with Gasteiger partial charge in [-0.05, 0) is 25.0 Å². The van der Waals surface area contributed by atoms with Gasteiger partial charge in [-0.3, -0.25) is 9.59 Å². The number of piperazine rings is 1. The number of ether oxygens (including phenoxy) is 1. The van der Waals surface area contributed by atoms with E-state index in [1.54, 1.807) is 11.1 Å². The Morgan fingerprint density at radius 3 is 2.60 bits per heavy atom. The molecule has 1 aliphatic heterocycles. The van der Waals surface area contributed by atoms with Gasteiger partial charge in [0.25, 0.3) is 0 Å². The van der Waals surface area contributed by atoms with Gasteiger partial charge in [-0.15, -0.1) is 0 Å². The van der Waals surface area contributed by atoms with Crippen molar-refractivity contribution in [2.75, 3.05) is 50.8 Å². The average molecular weight is 348 g/mol. The number of rotatable bonds is 8. The lowest BCUT2D eigenvalue weighted by Gasteiger charge is -2.34. The van der Waals surface area contributed by atoms with Gasteiger partial charge in [0, 0.05) is 52.1 Å². The molecule has 1 aliphatic rings. The van der Waals surface area contributed by atoms with Crippen molar-refractivity contribution in [3.05, 3.63) is 24.4 Å². The molecule has 0 radical (unpaired) electrons. The van der Waals surface area contributed by atoms with Crippen LogP contribution in [0.1, 0.15) is 26.2 Å². The van der Waals surface area contributed by atoms with Crippen molar-refractivity contribution < 1.29 is 14.3 Å². The first-order chi connectivity index (χ1) is 12.2. The van der Waals surface area contributed by atoms with Crippen molar-refractivity contribution in [2.24, 2.45) is 0 Å². The van der Waals surface area contributed by atoms with Crippen LogP contribution in [0.15, 0.2) is 24.4 Å². The second-order valence-corrected chi connectivity index (χ2v) is 6.04. The Kier molecular flexibility index (Phi) is 8.18. The highest BCUT2D eigenvalue weighted by atomic mass is 16.5. The molecule has 0 aromatic carbocycles. The van der Waals surface area contributed by atoms with Crippen LogP contribution >= 0.6 is 0 Å². The predicted octanol–water partition coefficient (Wildman–Crippen LogP) is 1.05. The second-order valence-electron chi connectivity index (χ2n) is 6.04. The molecule has 1 aromatic rings. The molecule has 1 aromatic heterocycles. The first-order valence-electron chi connectivity index (χ1n) is 9.03. The summed E-state index contributed by atoms with van der Waals surface area (Å²) in [7, 11) is 0. The van der Waals surface area contributed by atoms with Crippen molar-refractivity contribution in [1.82, 2.24) is 15.2 Å². The summed E-state index contributed by atoms with van der Waals surface area (Å²) < 4.78 is 5.43. The molecule has 0 spiro atoms. The molecule has 0 aliphatic carbocycles. The van der Waals surface area contributed by atoms with Crippen molar-refractivity contribution in [2.45, 2.75) is 26.2 Å². The zero-order chi connectivity index (χ0) is 17.9. The summed E-state index contributed by atoms with van der Waals surface area (Å²) in [5.74, 6) is -0.0745. The maximum Gasteiger partial charge on any atom is 0.312 e. The third-order valence-electron chi connectivity index (χ3n) is 4.13. The Balaban J connectivity index is 1.63. The maximum atomic E-state index is 12.2. The second kappa shape index (κ2) is 10.7. The third-order valence-corrected chi connectivity index (χ3v) is 4.13. The van der Waals surface area contributed by atoms with E-state index in [0.29, 0.717) is 39.3 Å². The average Bonchev–Trinajstić information content (AvgIpc) is 2.67. The molecular weight excluding hydrogens is 320 g/mol. The Hall–Kier alpha value is -2.15. The molecule has 0 saturated carbocycles. The van der Waals surface area contributed by atoms with Crippen LogP contribution in [0.2, 0.25) is 0 Å². The monoisotopic (exact) mass is 348 g/mol. The van der Waals surface area contributed by atoms with Crippen LogP contribution in [0.4, 0.5) is 5.82 Å². The highest BCUT2D eigenvalue weighted by Gasteiger charge is 2.26. The molecule has 0 bridgehead atoms. The largest absolute Gasteiger partial charge is 0.381 e. The molecule has 0 atom stereocenters. The van der Waals surface area contributed by atoms with E-state index in [1.165, 1.54) is 0 Å². The Morgan fingerprint density at radius 2 is 1.92 bits per heavy atom. The third kappa shape index (κ3) is 6.34. The molecule has 1 fully saturated rings. The van der Waals surface area contributed by atoms with Crippen molar-refractivity contribution in [3.8, 4) is 0 Å². The SMILES string of the molecule is CCCCOCCCNC(=O)C(=O)N1CCN(c2ccccn2)CC1. The predicted molar refractivity (Wildman–Crippen MR) is 96.4 cm³/mol. The number of hydrogen-bond donors (Lipinski definition) is 1. The maximum absolute atomic E-state index is 12.2. The van der Waals surface area contributed by atoms with Gasteiger partial charge in [-0.1, -0.05) is 19.4 Å². The lowest BCUT2D eigenvalue weighted by molar-refractivity contribution is -0.146. The number of nitrogens with zero attached hydrogens (tertiary/aromatic N) is 3. The van der Waals surface area contributed by atoms with Crippen LogP contribution in [0.25, 0.3) is 0 Å². The minimum atomic E-state index is -0.528. The van der Waals surface area contributed by atoms with Crippen molar-refractivity contribution >= 4 is 17.6 Å². The number of amides is 2. The van der Waals surface area contributed by atoms with Crippen LogP contribution in [-0.4, -0.2) is 67.6 Å². The minimum absolute atomic E-state index is 0.451. The lowest BCUT2D eigenvalue weighted by atomic mass is 10.3. The molecular formula is C18H28N4O3. The number of pyridine rings is 1. The fourth-order valence-electron chi connectivity index (χ4n) is 2.62. The van der Waals surface area contributed by atoms with Crippen molar-refractivity contribution in [1.29, 1.82) is 0 Å². The highest BCUT2D eigenvalue weighted by molar-refractivity contribution is 6.35. The fourth-order valence-corrected chi connectivity index (χ4v) is 2.62. The van der Waals surface area contributed by atoms with E-state index in [4.69, 9.17) is 4.74 Å². The van der Waals surface area contributed by atoms with E-state index in [1.807, 2.05) is 18.2 Å². The molecule has 1 saturated heterocycles. The molecule has 1 N–H and O–H groups in total. The number of carbonyl (C=O) groups excluding carboxylic acids is 2. The smallest absolute Gasteiger partial charge is 0.312 e. The van der Waals surface area contributed by atoms with Crippen LogP contribution in [0.5, 0.6) is 0 Å². The van der Waals surface area contributed by atoms with E-state index in [0.717, 1.165) is 31.7 Å². The van der Waals surface area contributed by atoms with Gasteiger partial charge in [0.15, 0.2) is 0 Å². The fraction of sp³-hybridized carbons (Fsp3) is 0.611. The number of carbonyl (C=O) groups is 2. The Labute approximate surface area is 149 Å². The van der Waals surface area contributed by atoms with Crippen LogP contribution in [0, 0.1) is 0 Å². The summed E-state index contributed by atoms with van der Waals surface area (Å²) >= 11 is 0. The number of unbranched alkanes of at least 4 members (excludes halogenated alkanes) is 1. The van der Waals surface area contributed by atoms with Gasteiger partial charge in [0.1, 0.15) is 5.82 Å². The van der Waals surface area contributed by atoms with Crippen LogP contribution < -0.4 is 10.2 Å². The lowest BCUT2D eigenvalue weighted by Crippen LogP contribution is -2.53. The summed E-state index contributed by atoms with van der Waals surface area (Å²) in [6.45, 7) is 6.37. The van der Waals surface area contributed by atoms with Gasteiger partial charge in [0.05, 0.1) is 0 Å². The van der Waals surface area contributed by atoms with Gasteiger partial charge < -0.3 is 19.9 Å². The summed E-state index contributed by atoms with van der Waals surface area (Å²) in [4.78, 5) is 32.2. The van der Waals surface area contributed by atoms with Gasteiger partial charge in [0.2, 0.25) is 0 Å². The molecule has 138 valence electrons. The number of nitrogens with one attached hydrogen (secondary N) is 1. The topological polar surface area (TPSA) is 74.8 Å². The highest BCUT2D eigenvalue weighted by Crippen LogP contribution is 2.12. The number of anilines is 1. The first kappa shape index (κ1) is 19.2. The molecule has 7 heteroatoms. The Morgan fingerprint density at radius 1 is 1.16 bits per heavy atom. The Bertz CT molecular complexity index is 530. The zero-order valence-corrected chi connectivity index (χ0v) is 14.9. The molecule has 2 heterocycles. The molecule has 0 unspecified atom stereocenters. The van der Waals surface area contributed by atoms with Crippen molar-refractivity contribution in [3.63, 3.8) is 0 Å². The number of aromatic nitrogens is 1. The van der Waals surface area contributed by atoms with Crippen LogP contribution in [-0.2, 0) is 14.3 Å². The van der Waals surface area contributed by atoms with Crippen LogP contribution in [0.3, 0.4) is 0 Å². The van der Waals surface area contributed by atoms with E-state index < -0.39 is 11.8 Å². The quantitative estimate of drug-likeness (QED) is 0.561. The van der Waals surface area contributed by atoms with Gasteiger partial charge in [-0.25, -0.2) is 4.98 Å². The summed E-state index contributed by atoms with van der Waals surface area (Å²) in [6, 6.07) is 5.77. The number of hydrogen-bond acceptors (Lipinski definition) is 5. The first-order valence-corrected chi connectivity index (χ1v) is 9.03. The normalized spacial score (nSPS) is 14.4. The van der Waals surface area contributed by atoms with Gasteiger partial charge in [-0.2, -0.15) is 0 Å². The molecule has 2 amide bonds. The van der Waals surface area contributed by atoms with E-state index in [9.17, 15) is 9.59 Å². The minimum Gasteiger partial charge on any atom is -0.381 e. The molecule has 7 nitrogen and oxygen atoms in total. The summed E-state index contributed by atoms with van der Waals surface area (Å²) in [6.07, 6.45) is 4.64.